The first kappa shape index (κ1) is 35.6. The Kier molecular flexibility index (Phi) is 9.01. The number of fused-ring (bicyclic) bond motifs is 5. The molecule has 276 valence electrons. The van der Waals surface area contributed by atoms with E-state index in [0.717, 1.165) is 44.7 Å². The molecule has 1 saturated carbocycles. The smallest absolute Gasteiger partial charge is 0.510 e. The summed E-state index contributed by atoms with van der Waals surface area (Å²) in [7, 11) is 0. The van der Waals surface area contributed by atoms with Crippen LogP contribution in [0.5, 0.6) is 11.5 Å². The van der Waals surface area contributed by atoms with Gasteiger partial charge in [0.05, 0.1) is 11.7 Å². The first-order chi connectivity index (χ1) is 26.3. The van der Waals surface area contributed by atoms with Gasteiger partial charge in [-0.25, -0.2) is 4.98 Å². The topological polar surface area (TPSA) is 61.5 Å². The maximum atomic E-state index is 6.85. The maximum Gasteiger partial charge on any atom is 2.00 e. The zero-order chi connectivity index (χ0) is 36.6. The Morgan fingerprint density at radius 3 is 2.40 bits per heavy atom. The van der Waals surface area contributed by atoms with Gasteiger partial charge in [0, 0.05) is 40.4 Å². The number of ether oxygens (including phenoxy) is 2. The monoisotopic (exact) mass is 901 g/mol. The Bertz CT molecular complexity index is 2610. The fourth-order valence-electron chi connectivity index (χ4n) is 9.14. The van der Waals surface area contributed by atoms with E-state index in [1.54, 1.807) is 0 Å². The van der Waals surface area contributed by atoms with Gasteiger partial charge in [0.1, 0.15) is 17.8 Å². The number of nitrogens with zero attached hydrogens (tertiary/aromatic N) is 4. The number of aliphatic imine (C=N–C) groups is 1. The molecule has 0 spiro atoms. The number of pyridine rings is 2. The van der Waals surface area contributed by atoms with Crippen LogP contribution >= 0.6 is 0 Å². The molecule has 1 aliphatic carbocycles. The molecule has 5 heterocycles. The first-order valence-electron chi connectivity index (χ1n) is 19.3. The van der Waals surface area contributed by atoms with Gasteiger partial charge >= 0.3 is 21.1 Å². The molecule has 0 N–H and O–H groups in total. The molecule has 0 bridgehead atoms. The van der Waals surface area contributed by atoms with Crippen LogP contribution in [0.25, 0.3) is 38.9 Å². The van der Waals surface area contributed by atoms with Crippen LogP contribution in [0.15, 0.2) is 108 Å². The average Bonchev–Trinajstić information content (AvgIpc) is 3.78. The van der Waals surface area contributed by atoms with Crippen LogP contribution in [-0.4, -0.2) is 26.5 Å². The second-order valence-corrected chi connectivity index (χ2v) is 15.8. The molecule has 0 saturated heterocycles. The van der Waals surface area contributed by atoms with Gasteiger partial charge in [-0.3, -0.25) is 9.98 Å². The molecule has 3 aromatic heterocycles. The van der Waals surface area contributed by atoms with E-state index in [2.05, 4.69) is 105 Å². The van der Waals surface area contributed by atoms with E-state index in [4.69, 9.17) is 24.4 Å². The van der Waals surface area contributed by atoms with Crippen molar-refractivity contribution in [2.45, 2.75) is 77.4 Å². The number of rotatable bonds is 6. The Balaban J connectivity index is 0.00000397. The zero-order valence-corrected chi connectivity index (χ0v) is 33.8. The maximum absolute atomic E-state index is 6.85. The van der Waals surface area contributed by atoms with Crippen LogP contribution in [0.2, 0.25) is 0 Å². The first-order valence-corrected chi connectivity index (χ1v) is 19.3. The summed E-state index contributed by atoms with van der Waals surface area (Å²) < 4.78 is 16.0. The van der Waals surface area contributed by atoms with Crippen LogP contribution in [0.4, 0.5) is 0 Å². The minimum Gasteiger partial charge on any atom is -0.510 e. The molecule has 2 aliphatic heterocycles. The van der Waals surface area contributed by atoms with Crippen molar-refractivity contribution in [1.29, 1.82) is 0 Å². The van der Waals surface area contributed by atoms with Crippen molar-refractivity contribution in [2.24, 2.45) is 10.9 Å². The number of hydrogen-bond donors (Lipinski definition) is 0. The minimum atomic E-state index is -0.204. The van der Waals surface area contributed by atoms with Crippen molar-refractivity contribution < 1.29 is 30.5 Å². The van der Waals surface area contributed by atoms with E-state index in [-0.39, 0.29) is 38.6 Å². The molecule has 55 heavy (non-hydrogen) atoms. The summed E-state index contributed by atoms with van der Waals surface area (Å²) in [5, 5.41) is 2.34. The summed E-state index contributed by atoms with van der Waals surface area (Å²) >= 11 is 0. The molecule has 6 nitrogen and oxygen atoms in total. The SMILES string of the molecule is Cc1cc2c3c(c1)c1cc(C)c(Oc4[c-]c(C5=N[C@H](C6CCCCC6)[C@@H](c6ccccc6)O5)cc(-c5ccccn5)c4)[c-]c1n3-c1ncccc1C2(C)C.[Pt+2]. The van der Waals surface area contributed by atoms with Gasteiger partial charge in [-0.1, -0.05) is 129 Å². The molecular weight excluding hydrogens is 860 g/mol. The fourth-order valence-corrected chi connectivity index (χ4v) is 9.14. The number of aryl methyl sites for hydroxylation is 2. The van der Waals surface area contributed by atoms with E-state index >= 15 is 0 Å². The molecule has 7 aromatic rings. The van der Waals surface area contributed by atoms with Crippen molar-refractivity contribution in [3.63, 3.8) is 0 Å². The van der Waals surface area contributed by atoms with Crippen molar-refractivity contribution >= 4 is 27.7 Å². The van der Waals surface area contributed by atoms with Crippen molar-refractivity contribution in [3.05, 3.63) is 149 Å². The fraction of sp³-hybridized carbons (Fsp3) is 0.271. The molecule has 0 radical (unpaired) electrons. The number of benzene rings is 4. The second-order valence-electron chi connectivity index (χ2n) is 15.8. The Labute approximate surface area is 336 Å². The van der Waals surface area contributed by atoms with E-state index in [1.807, 2.05) is 42.7 Å². The molecule has 0 amide bonds. The molecule has 3 aliphatic rings. The average molecular weight is 902 g/mol. The standard InChI is InChI=1S/C48H42N4O2.Pt/c1-29-22-37-36-24-30(2)42(28-41(36)52-44(37)39(23-29)48(3,4)38-18-13-21-50-46(38)52)53-35-26-33(40-19-11-12-20-49-40)25-34(27-35)47-51-43(31-14-7-5-8-15-31)45(54-47)32-16-9-6-10-17-32;/h6,9-13,16-26,31,43,45H,5,7-8,14-15H2,1-4H3;/q-2;+2/t43-,45-;/m1./s1. The van der Waals surface area contributed by atoms with Gasteiger partial charge in [0.2, 0.25) is 0 Å². The number of aromatic nitrogens is 3. The summed E-state index contributed by atoms with van der Waals surface area (Å²) in [5.41, 5.74) is 10.3. The molecule has 0 unspecified atom stereocenters. The second kappa shape index (κ2) is 13.9. The van der Waals surface area contributed by atoms with Crippen molar-refractivity contribution in [1.82, 2.24) is 14.5 Å². The van der Waals surface area contributed by atoms with Gasteiger partial charge in [0.15, 0.2) is 0 Å². The van der Waals surface area contributed by atoms with E-state index in [1.165, 1.54) is 59.7 Å². The predicted octanol–water partition coefficient (Wildman–Crippen LogP) is 11.4. The van der Waals surface area contributed by atoms with Crippen LogP contribution in [0.1, 0.15) is 85.4 Å². The Morgan fingerprint density at radius 1 is 0.800 bits per heavy atom. The molecule has 4 aromatic carbocycles. The third-order valence-electron chi connectivity index (χ3n) is 11.9. The predicted molar refractivity (Wildman–Crippen MR) is 215 cm³/mol. The zero-order valence-electron chi connectivity index (χ0n) is 31.5. The van der Waals surface area contributed by atoms with Gasteiger partial charge in [-0.05, 0) is 60.4 Å². The van der Waals surface area contributed by atoms with Gasteiger partial charge < -0.3 is 14.0 Å². The Morgan fingerprint density at radius 2 is 1.60 bits per heavy atom. The summed E-state index contributed by atoms with van der Waals surface area (Å²) in [6, 6.07) is 39.0. The third-order valence-corrected chi connectivity index (χ3v) is 11.9. The summed E-state index contributed by atoms with van der Waals surface area (Å²) in [6.45, 7) is 8.87. The minimum absolute atomic E-state index is 0. The van der Waals surface area contributed by atoms with Crippen molar-refractivity contribution in [2.75, 3.05) is 0 Å². The molecular formula is C48H42N4O2Pt. The van der Waals surface area contributed by atoms with Crippen LogP contribution in [0.3, 0.4) is 0 Å². The molecule has 10 rings (SSSR count). The normalized spacial score (nSPS) is 18.7. The Hall–Kier alpha value is -5.06. The van der Waals surface area contributed by atoms with E-state index < -0.39 is 0 Å². The molecule has 2 atom stereocenters. The third kappa shape index (κ3) is 6.01. The largest absolute Gasteiger partial charge is 2.00 e. The van der Waals surface area contributed by atoms with Gasteiger partial charge in [0.25, 0.3) is 0 Å². The van der Waals surface area contributed by atoms with Crippen LogP contribution in [-0.2, 0) is 31.2 Å². The summed E-state index contributed by atoms with van der Waals surface area (Å²) in [6.07, 6.45) is 9.68. The summed E-state index contributed by atoms with van der Waals surface area (Å²) in [4.78, 5) is 15.0. The quantitative estimate of drug-likeness (QED) is 0.156. The van der Waals surface area contributed by atoms with E-state index in [9.17, 15) is 0 Å². The van der Waals surface area contributed by atoms with Gasteiger partial charge in [-0.15, -0.1) is 23.1 Å². The molecule has 7 heteroatoms. The molecule has 1 fully saturated rings. The van der Waals surface area contributed by atoms with Crippen LogP contribution in [0, 0.1) is 31.9 Å². The van der Waals surface area contributed by atoms with Crippen molar-refractivity contribution in [3.8, 4) is 28.6 Å². The van der Waals surface area contributed by atoms with Gasteiger partial charge in [-0.2, -0.15) is 6.07 Å². The van der Waals surface area contributed by atoms with Crippen LogP contribution < -0.4 is 4.74 Å². The summed E-state index contributed by atoms with van der Waals surface area (Å²) in [5.74, 6) is 3.22. The van der Waals surface area contributed by atoms with E-state index in [0.29, 0.717) is 23.3 Å². The number of hydrogen-bond acceptors (Lipinski definition) is 5.